The van der Waals surface area contributed by atoms with Crippen molar-refractivity contribution < 1.29 is 9.90 Å². The van der Waals surface area contributed by atoms with Crippen LogP contribution >= 0.6 is 0 Å². The van der Waals surface area contributed by atoms with E-state index in [4.69, 9.17) is 5.11 Å². The Morgan fingerprint density at radius 3 is 2.65 bits per heavy atom. The first kappa shape index (κ1) is 12.0. The van der Waals surface area contributed by atoms with Gasteiger partial charge in [-0.1, -0.05) is 12.1 Å². The lowest BCUT2D eigenvalue weighted by Crippen LogP contribution is -2.28. The van der Waals surface area contributed by atoms with E-state index in [-0.39, 0.29) is 0 Å². The zero-order chi connectivity index (χ0) is 12.6. The molecule has 2 rings (SSSR count). The summed E-state index contributed by atoms with van der Waals surface area (Å²) in [6.07, 6.45) is 1.06. The Bertz CT molecular complexity index is 440. The Labute approximate surface area is 102 Å². The van der Waals surface area contributed by atoms with Crippen molar-refractivity contribution in [3.63, 3.8) is 0 Å². The summed E-state index contributed by atoms with van der Waals surface area (Å²) >= 11 is 0. The highest BCUT2D eigenvalue weighted by molar-refractivity contribution is 5.76. The maximum atomic E-state index is 11.0. The minimum atomic E-state index is -0.765. The summed E-state index contributed by atoms with van der Waals surface area (Å²) in [5, 5.41) is 9.05. The highest BCUT2D eigenvalue weighted by Crippen LogP contribution is 2.32. The van der Waals surface area contributed by atoms with Gasteiger partial charge in [-0.2, -0.15) is 0 Å². The normalized spacial score (nSPS) is 16.1. The van der Waals surface area contributed by atoms with Gasteiger partial charge in [0.05, 0.1) is 5.92 Å². The zero-order valence-electron chi connectivity index (χ0n) is 10.6. The highest BCUT2D eigenvalue weighted by atomic mass is 16.4. The quantitative estimate of drug-likeness (QED) is 0.872. The summed E-state index contributed by atoms with van der Waals surface area (Å²) in [4.78, 5) is 13.3. The summed E-state index contributed by atoms with van der Waals surface area (Å²) < 4.78 is 0. The van der Waals surface area contributed by atoms with Gasteiger partial charge in [0.25, 0.3) is 0 Å². The van der Waals surface area contributed by atoms with E-state index in [2.05, 4.69) is 24.8 Å². The average Bonchev–Trinajstić information content (AvgIpc) is 2.70. The van der Waals surface area contributed by atoms with E-state index >= 15 is 0 Å². The van der Waals surface area contributed by atoms with Crippen LogP contribution in [0.5, 0.6) is 0 Å². The fourth-order valence-electron chi connectivity index (χ4n) is 2.37. The van der Waals surface area contributed by atoms with Crippen LogP contribution in [0.15, 0.2) is 18.2 Å². The first-order valence-electron chi connectivity index (χ1n) is 6.13. The molecule has 0 saturated carbocycles. The van der Waals surface area contributed by atoms with Crippen LogP contribution in [0.3, 0.4) is 0 Å². The summed E-state index contributed by atoms with van der Waals surface area (Å²) in [5.41, 5.74) is 3.44. The summed E-state index contributed by atoms with van der Waals surface area (Å²) in [7, 11) is 0. The van der Waals surface area contributed by atoms with Crippen molar-refractivity contribution in [1.82, 2.24) is 0 Å². The molecule has 1 aliphatic rings. The fraction of sp³-hybridized carbons (Fsp3) is 0.500. The van der Waals surface area contributed by atoms with Crippen molar-refractivity contribution in [2.45, 2.75) is 39.2 Å². The topological polar surface area (TPSA) is 40.5 Å². The average molecular weight is 233 g/mol. The molecule has 0 saturated heterocycles. The molecule has 1 heterocycles. The maximum absolute atomic E-state index is 11.0. The van der Waals surface area contributed by atoms with Gasteiger partial charge < -0.3 is 10.0 Å². The second-order valence-electron chi connectivity index (χ2n) is 4.99. The van der Waals surface area contributed by atoms with Gasteiger partial charge in [0.1, 0.15) is 0 Å². The van der Waals surface area contributed by atoms with Crippen molar-refractivity contribution in [2.24, 2.45) is 0 Å². The molecule has 0 fully saturated rings. The van der Waals surface area contributed by atoms with E-state index in [1.807, 2.05) is 12.1 Å². The number of aliphatic carboxylic acids is 1. The summed E-state index contributed by atoms with van der Waals surface area (Å²) in [6, 6.07) is 6.53. The van der Waals surface area contributed by atoms with Gasteiger partial charge in [0, 0.05) is 18.3 Å². The molecule has 0 radical (unpaired) electrons. The summed E-state index contributed by atoms with van der Waals surface area (Å²) in [6.45, 7) is 7.11. The van der Waals surface area contributed by atoms with E-state index in [1.54, 1.807) is 6.92 Å². The fourth-order valence-corrected chi connectivity index (χ4v) is 2.37. The van der Waals surface area contributed by atoms with Crippen LogP contribution in [0, 0.1) is 0 Å². The highest BCUT2D eigenvalue weighted by Gasteiger charge is 2.23. The van der Waals surface area contributed by atoms with Gasteiger partial charge in [-0.15, -0.1) is 0 Å². The molecule has 3 heteroatoms. The van der Waals surface area contributed by atoms with E-state index in [9.17, 15) is 4.79 Å². The van der Waals surface area contributed by atoms with Gasteiger partial charge in [0.2, 0.25) is 0 Å². The van der Waals surface area contributed by atoms with Crippen LogP contribution in [0.1, 0.15) is 37.8 Å². The van der Waals surface area contributed by atoms with Crippen LogP contribution < -0.4 is 4.90 Å². The second kappa shape index (κ2) is 4.40. The van der Waals surface area contributed by atoms with Crippen LogP contribution in [-0.4, -0.2) is 23.7 Å². The molecule has 0 aromatic heterocycles. The van der Waals surface area contributed by atoms with Crippen molar-refractivity contribution >= 4 is 11.7 Å². The van der Waals surface area contributed by atoms with Gasteiger partial charge in [-0.05, 0) is 44.4 Å². The van der Waals surface area contributed by atoms with Crippen molar-refractivity contribution in [3.8, 4) is 0 Å². The molecule has 0 bridgehead atoms. The smallest absolute Gasteiger partial charge is 0.310 e. The lowest BCUT2D eigenvalue weighted by molar-refractivity contribution is -0.138. The molecule has 0 amide bonds. The monoisotopic (exact) mass is 233 g/mol. The first-order chi connectivity index (χ1) is 8.00. The van der Waals surface area contributed by atoms with Crippen LogP contribution in [-0.2, 0) is 11.2 Å². The van der Waals surface area contributed by atoms with Crippen molar-refractivity contribution in [2.75, 3.05) is 11.4 Å². The molecule has 1 aromatic carbocycles. The molecule has 0 spiro atoms. The molecule has 92 valence electrons. The Morgan fingerprint density at radius 2 is 2.06 bits per heavy atom. The predicted molar refractivity (Wildman–Crippen MR) is 68.7 cm³/mol. The van der Waals surface area contributed by atoms with Crippen LogP contribution in [0.4, 0.5) is 5.69 Å². The number of benzene rings is 1. The minimum absolute atomic E-state index is 0.435. The minimum Gasteiger partial charge on any atom is -0.481 e. The predicted octanol–water partition coefficient (Wildman–Crippen LogP) is 2.65. The molecule has 1 N–H and O–H groups in total. The SMILES string of the molecule is CC(C(=O)O)c1ccc2c(c1)N(C(C)C)CC2. The maximum Gasteiger partial charge on any atom is 0.310 e. The summed E-state index contributed by atoms with van der Waals surface area (Å²) in [5.74, 6) is -1.20. The third kappa shape index (κ3) is 2.14. The lowest BCUT2D eigenvalue weighted by atomic mass is 9.98. The largest absolute Gasteiger partial charge is 0.481 e. The zero-order valence-corrected chi connectivity index (χ0v) is 10.6. The third-order valence-electron chi connectivity index (χ3n) is 3.53. The molecule has 3 nitrogen and oxygen atoms in total. The Morgan fingerprint density at radius 1 is 1.35 bits per heavy atom. The molecule has 1 atom stereocenters. The number of rotatable bonds is 3. The number of anilines is 1. The Hall–Kier alpha value is -1.51. The molecular formula is C14H19NO2. The first-order valence-corrected chi connectivity index (χ1v) is 6.13. The number of nitrogens with zero attached hydrogens (tertiary/aromatic N) is 1. The van der Waals surface area contributed by atoms with Crippen LogP contribution in [0.2, 0.25) is 0 Å². The standard InChI is InChI=1S/C14H19NO2/c1-9(2)15-7-6-11-4-5-12(8-13(11)15)10(3)14(16)17/h4-5,8-10H,6-7H2,1-3H3,(H,16,17). The number of hydrogen-bond donors (Lipinski definition) is 1. The second-order valence-corrected chi connectivity index (χ2v) is 4.99. The number of fused-ring (bicyclic) bond motifs is 1. The van der Waals surface area contributed by atoms with Crippen molar-refractivity contribution in [3.05, 3.63) is 29.3 Å². The molecular weight excluding hydrogens is 214 g/mol. The van der Waals surface area contributed by atoms with Crippen molar-refractivity contribution in [1.29, 1.82) is 0 Å². The molecule has 1 unspecified atom stereocenters. The number of carbonyl (C=O) groups is 1. The van der Waals surface area contributed by atoms with Gasteiger partial charge in [0.15, 0.2) is 0 Å². The molecule has 17 heavy (non-hydrogen) atoms. The third-order valence-corrected chi connectivity index (χ3v) is 3.53. The van der Waals surface area contributed by atoms with Gasteiger partial charge in [-0.3, -0.25) is 4.79 Å². The lowest BCUT2D eigenvalue weighted by Gasteiger charge is -2.24. The molecule has 1 aromatic rings. The number of hydrogen-bond acceptors (Lipinski definition) is 2. The Kier molecular flexibility index (Phi) is 3.09. The number of carboxylic acid groups (broad SMARTS) is 1. The number of carboxylic acids is 1. The van der Waals surface area contributed by atoms with Crippen LogP contribution in [0.25, 0.3) is 0 Å². The molecule has 0 aliphatic carbocycles. The van der Waals surface area contributed by atoms with E-state index < -0.39 is 11.9 Å². The Balaban J connectivity index is 2.36. The van der Waals surface area contributed by atoms with Gasteiger partial charge >= 0.3 is 5.97 Å². The molecule has 1 aliphatic heterocycles. The van der Waals surface area contributed by atoms with E-state index in [0.717, 1.165) is 18.5 Å². The van der Waals surface area contributed by atoms with Gasteiger partial charge in [-0.25, -0.2) is 0 Å². The van der Waals surface area contributed by atoms with E-state index in [0.29, 0.717) is 6.04 Å². The van der Waals surface area contributed by atoms with E-state index in [1.165, 1.54) is 11.3 Å².